The van der Waals surface area contributed by atoms with Gasteiger partial charge in [0.25, 0.3) is 11.5 Å². The number of carbonyl (C=O) groups is 1. The lowest BCUT2D eigenvalue weighted by molar-refractivity contribution is -0.143. The van der Waals surface area contributed by atoms with E-state index in [1.54, 1.807) is 13.8 Å². The topological polar surface area (TPSA) is 42.3 Å². The number of alkyl halides is 6. The first-order valence-electron chi connectivity index (χ1n) is 8.72. The molecular weight excluding hydrogens is 482 g/mol. The van der Waals surface area contributed by atoms with Gasteiger partial charge >= 0.3 is 12.4 Å². The lowest BCUT2D eigenvalue weighted by Crippen LogP contribution is -2.51. The minimum atomic E-state index is -4.98. The Labute approximate surface area is 175 Å². The van der Waals surface area contributed by atoms with Crippen LogP contribution in [0.3, 0.4) is 0 Å². The van der Waals surface area contributed by atoms with Crippen molar-refractivity contribution < 1.29 is 31.1 Å². The van der Waals surface area contributed by atoms with Crippen LogP contribution in [-0.2, 0) is 18.9 Å². The van der Waals surface area contributed by atoms with Gasteiger partial charge in [0.15, 0.2) is 0 Å². The smallest absolute Gasteiger partial charge is 0.328 e. The molecule has 1 amide bonds. The Balaban J connectivity index is 2.07. The number of amides is 1. The van der Waals surface area contributed by atoms with Crippen LogP contribution in [0.1, 0.15) is 47.1 Å². The minimum Gasteiger partial charge on any atom is -0.328 e. The molecule has 4 nitrogen and oxygen atoms in total. The molecule has 0 saturated heterocycles. The van der Waals surface area contributed by atoms with Crippen molar-refractivity contribution in [3.63, 3.8) is 0 Å². The minimum absolute atomic E-state index is 0.0109. The highest BCUT2D eigenvalue weighted by Gasteiger charge is 2.39. The molecule has 1 aliphatic rings. The number of aromatic nitrogens is 1. The molecule has 0 radical (unpaired) electrons. The Kier molecular flexibility index (Phi) is 5.55. The average Bonchev–Trinajstić information content (AvgIpc) is 2.64. The summed E-state index contributed by atoms with van der Waals surface area (Å²) in [6.45, 7) is 2.76. The standard InChI is InChI=1S/C19H15BrF6N2O2/c1-9-10(2)28-15(4-3-14(20)16(28)29)17(30)27(9)8-11-5-12(18(21,22)23)7-13(6-11)19(24,25)26/h3-7,9-10H,8H2,1-2H3. The maximum atomic E-state index is 13.1. The molecule has 1 aromatic carbocycles. The first-order chi connectivity index (χ1) is 13.7. The molecule has 0 spiro atoms. The van der Waals surface area contributed by atoms with Crippen molar-refractivity contribution in [1.29, 1.82) is 0 Å². The van der Waals surface area contributed by atoms with Crippen LogP contribution in [0, 0.1) is 0 Å². The Morgan fingerprint density at radius 1 is 0.900 bits per heavy atom. The predicted molar refractivity (Wildman–Crippen MR) is 98.9 cm³/mol. The quantitative estimate of drug-likeness (QED) is 0.532. The van der Waals surface area contributed by atoms with E-state index in [9.17, 15) is 35.9 Å². The van der Waals surface area contributed by atoms with E-state index in [1.165, 1.54) is 21.6 Å². The zero-order valence-corrected chi connectivity index (χ0v) is 17.2. The van der Waals surface area contributed by atoms with Gasteiger partial charge in [0.2, 0.25) is 0 Å². The second-order valence-corrected chi connectivity index (χ2v) is 7.92. The highest BCUT2D eigenvalue weighted by atomic mass is 79.9. The van der Waals surface area contributed by atoms with E-state index in [0.29, 0.717) is 12.1 Å². The van der Waals surface area contributed by atoms with Gasteiger partial charge in [-0.05, 0) is 65.7 Å². The number of hydrogen-bond acceptors (Lipinski definition) is 2. The molecule has 0 saturated carbocycles. The largest absolute Gasteiger partial charge is 0.416 e. The lowest BCUT2D eigenvalue weighted by Gasteiger charge is -2.40. The van der Waals surface area contributed by atoms with Crippen molar-refractivity contribution in [3.8, 4) is 0 Å². The van der Waals surface area contributed by atoms with Crippen LogP contribution in [0.15, 0.2) is 39.6 Å². The molecule has 0 N–H and O–H groups in total. The second kappa shape index (κ2) is 7.44. The summed E-state index contributed by atoms with van der Waals surface area (Å²) in [5, 5.41) is 0. The van der Waals surface area contributed by atoms with Crippen molar-refractivity contribution in [2.45, 2.75) is 44.8 Å². The third-order valence-electron chi connectivity index (χ3n) is 5.15. The van der Waals surface area contributed by atoms with E-state index < -0.39 is 53.6 Å². The highest BCUT2D eigenvalue weighted by molar-refractivity contribution is 9.10. The molecule has 3 rings (SSSR count). The van der Waals surface area contributed by atoms with Crippen molar-refractivity contribution in [2.24, 2.45) is 0 Å². The molecule has 1 aliphatic heterocycles. The van der Waals surface area contributed by atoms with E-state index in [2.05, 4.69) is 15.9 Å². The van der Waals surface area contributed by atoms with Gasteiger partial charge in [0.05, 0.1) is 27.7 Å². The fourth-order valence-corrected chi connectivity index (χ4v) is 3.76. The number of benzene rings is 1. The molecule has 0 bridgehead atoms. The van der Waals surface area contributed by atoms with Gasteiger partial charge in [0, 0.05) is 6.54 Å². The van der Waals surface area contributed by atoms with Gasteiger partial charge in [-0.15, -0.1) is 0 Å². The van der Waals surface area contributed by atoms with E-state index in [4.69, 9.17) is 0 Å². The van der Waals surface area contributed by atoms with Crippen molar-refractivity contribution >= 4 is 21.8 Å². The zero-order chi connectivity index (χ0) is 22.6. The third kappa shape index (κ3) is 3.99. The summed E-state index contributed by atoms with van der Waals surface area (Å²) in [4.78, 5) is 26.5. The van der Waals surface area contributed by atoms with Crippen LogP contribution >= 0.6 is 15.9 Å². The summed E-state index contributed by atoms with van der Waals surface area (Å²) in [7, 11) is 0. The van der Waals surface area contributed by atoms with Crippen molar-refractivity contribution in [1.82, 2.24) is 9.47 Å². The highest BCUT2D eigenvalue weighted by Crippen LogP contribution is 2.37. The first kappa shape index (κ1) is 22.4. The van der Waals surface area contributed by atoms with Crippen LogP contribution < -0.4 is 5.56 Å². The number of halogens is 7. The second-order valence-electron chi connectivity index (χ2n) is 7.07. The fourth-order valence-electron chi connectivity index (χ4n) is 3.44. The Hall–Kier alpha value is -2.30. The van der Waals surface area contributed by atoms with E-state index in [1.807, 2.05) is 0 Å². The maximum absolute atomic E-state index is 13.1. The molecule has 2 atom stereocenters. The van der Waals surface area contributed by atoms with E-state index >= 15 is 0 Å². The number of pyridine rings is 1. The number of hydrogen-bond donors (Lipinski definition) is 0. The molecule has 2 heterocycles. The molecule has 162 valence electrons. The van der Waals surface area contributed by atoms with Gasteiger partial charge in [-0.25, -0.2) is 0 Å². The van der Waals surface area contributed by atoms with Crippen molar-refractivity contribution in [3.05, 3.63) is 67.5 Å². The summed E-state index contributed by atoms with van der Waals surface area (Å²) < 4.78 is 80.2. The van der Waals surface area contributed by atoms with E-state index in [0.717, 1.165) is 0 Å². The zero-order valence-electron chi connectivity index (χ0n) is 15.6. The number of nitrogens with zero attached hydrogens (tertiary/aromatic N) is 2. The summed E-state index contributed by atoms with van der Waals surface area (Å²) in [5.41, 5.74) is -3.64. The normalized spacial score (nSPS) is 19.8. The van der Waals surface area contributed by atoms with E-state index in [-0.39, 0.29) is 21.8 Å². The molecular formula is C19H15BrF6N2O2. The van der Waals surface area contributed by atoms with Gasteiger partial charge in [-0.1, -0.05) is 0 Å². The number of carbonyl (C=O) groups excluding carboxylic acids is 1. The molecule has 0 aliphatic carbocycles. The van der Waals surface area contributed by atoms with Crippen LogP contribution in [0.5, 0.6) is 0 Å². The lowest BCUT2D eigenvalue weighted by atomic mass is 10.0. The summed E-state index contributed by atoms with van der Waals surface area (Å²) in [5.74, 6) is -0.656. The summed E-state index contributed by atoms with van der Waals surface area (Å²) in [6, 6.07) is 2.80. The maximum Gasteiger partial charge on any atom is 0.416 e. The molecule has 11 heteroatoms. The average molecular weight is 497 g/mol. The monoisotopic (exact) mass is 496 g/mol. The van der Waals surface area contributed by atoms with Gasteiger partial charge < -0.3 is 4.90 Å². The Morgan fingerprint density at radius 2 is 1.43 bits per heavy atom. The van der Waals surface area contributed by atoms with Crippen LogP contribution in [-0.4, -0.2) is 21.4 Å². The Bertz CT molecular complexity index is 1030. The molecule has 2 unspecified atom stereocenters. The fraction of sp³-hybridized carbons (Fsp3) is 0.368. The van der Waals surface area contributed by atoms with Gasteiger partial charge in [0.1, 0.15) is 5.69 Å². The van der Waals surface area contributed by atoms with Crippen LogP contribution in [0.25, 0.3) is 0 Å². The third-order valence-corrected chi connectivity index (χ3v) is 5.75. The van der Waals surface area contributed by atoms with Crippen molar-refractivity contribution in [2.75, 3.05) is 0 Å². The van der Waals surface area contributed by atoms with Crippen LogP contribution in [0.2, 0.25) is 0 Å². The summed E-state index contributed by atoms with van der Waals surface area (Å²) in [6.07, 6.45) is -9.96. The van der Waals surface area contributed by atoms with Crippen LogP contribution in [0.4, 0.5) is 26.3 Å². The SMILES string of the molecule is CC1C(C)n2c(ccc(Br)c2=O)C(=O)N1Cc1cc(C(F)(F)F)cc(C(F)(F)F)c1. The number of rotatable bonds is 2. The van der Waals surface area contributed by atoms with Gasteiger partial charge in [-0.2, -0.15) is 26.3 Å². The summed E-state index contributed by atoms with van der Waals surface area (Å²) >= 11 is 3.09. The molecule has 30 heavy (non-hydrogen) atoms. The molecule has 0 fully saturated rings. The number of fused-ring (bicyclic) bond motifs is 1. The Morgan fingerprint density at radius 3 is 1.93 bits per heavy atom. The predicted octanol–water partition coefficient (Wildman–Crippen LogP) is 5.25. The molecule has 1 aromatic heterocycles. The molecule has 2 aromatic rings. The van der Waals surface area contributed by atoms with Gasteiger partial charge in [-0.3, -0.25) is 14.2 Å². The first-order valence-corrected chi connectivity index (χ1v) is 9.51.